The van der Waals surface area contributed by atoms with E-state index in [1.54, 1.807) is 12.1 Å². The molecule has 0 aromatic heterocycles. The highest BCUT2D eigenvalue weighted by Gasteiger charge is 2.34. The molecule has 1 aromatic carbocycles. The topological polar surface area (TPSA) is 12.0 Å². The van der Waals surface area contributed by atoms with Crippen LogP contribution in [0.1, 0.15) is 33.1 Å². The number of benzene rings is 1. The van der Waals surface area contributed by atoms with Crippen molar-refractivity contribution in [3.05, 3.63) is 24.3 Å². The first kappa shape index (κ1) is 15.5. The second-order valence-corrected chi connectivity index (χ2v) is 6.99. The third-order valence-electron chi connectivity index (χ3n) is 3.87. The summed E-state index contributed by atoms with van der Waals surface area (Å²) in [7, 11) is 0. The summed E-state index contributed by atoms with van der Waals surface area (Å²) < 4.78 is 37.1. The lowest BCUT2D eigenvalue weighted by molar-refractivity contribution is -0.105. The lowest BCUT2D eigenvalue weighted by Crippen LogP contribution is -2.31. The first-order chi connectivity index (χ1) is 9.28. The molecular formula is C15H20F3NS. The minimum absolute atomic E-state index is 0.196. The molecule has 0 radical (unpaired) electrons. The van der Waals surface area contributed by atoms with Gasteiger partial charge in [0.15, 0.2) is 0 Å². The summed E-state index contributed by atoms with van der Waals surface area (Å²) in [6, 6.07) is 7.59. The molecule has 0 saturated heterocycles. The minimum Gasteiger partial charge on any atom is -0.381 e. The molecule has 1 aliphatic carbocycles. The van der Waals surface area contributed by atoms with Crippen molar-refractivity contribution < 1.29 is 13.2 Å². The molecule has 20 heavy (non-hydrogen) atoms. The van der Waals surface area contributed by atoms with Gasteiger partial charge < -0.3 is 5.32 Å². The summed E-state index contributed by atoms with van der Waals surface area (Å²) in [5.41, 5.74) is 1.02. The minimum atomic E-state index is -4.13. The predicted molar refractivity (Wildman–Crippen MR) is 78.3 cm³/mol. The molecule has 1 nitrogen and oxygen atoms in total. The molecule has 0 heterocycles. The summed E-state index contributed by atoms with van der Waals surface area (Å²) in [4.78, 5) is 0.674. The van der Waals surface area contributed by atoms with Crippen LogP contribution in [-0.4, -0.2) is 18.0 Å². The van der Waals surface area contributed by atoms with Crippen LogP contribution in [-0.2, 0) is 0 Å². The maximum Gasteiger partial charge on any atom is 0.398 e. The van der Waals surface area contributed by atoms with Crippen LogP contribution in [0.3, 0.4) is 0 Å². The predicted octanol–water partition coefficient (Wildman–Crippen LogP) is 5.33. The molecule has 0 aliphatic heterocycles. The number of hydrogen-bond acceptors (Lipinski definition) is 2. The Labute approximate surface area is 122 Å². The van der Waals surface area contributed by atoms with Crippen LogP contribution in [0.25, 0.3) is 0 Å². The standard InChI is InChI=1S/C15H20F3NS/c1-14(2)9-5-8-13(14)19-11-6-3-4-7-12(11)20-10-15(16,17)18/h3-4,6-7,13,19H,5,8-10H2,1-2H3. The maximum atomic E-state index is 12.4. The van der Waals surface area contributed by atoms with E-state index in [9.17, 15) is 13.2 Å². The average molecular weight is 303 g/mol. The largest absolute Gasteiger partial charge is 0.398 e. The van der Waals surface area contributed by atoms with Gasteiger partial charge in [-0.3, -0.25) is 0 Å². The quantitative estimate of drug-likeness (QED) is 0.754. The van der Waals surface area contributed by atoms with Crippen LogP contribution >= 0.6 is 11.8 Å². The van der Waals surface area contributed by atoms with E-state index in [1.807, 2.05) is 12.1 Å². The lowest BCUT2D eigenvalue weighted by Gasteiger charge is -2.29. The van der Waals surface area contributed by atoms with E-state index >= 15 is 0 Å². The molecule has 1 aromatic rings. The van der Waals surface area contributed by atoms with E-state index in [0.717, 1.165) is 30.3 Å². The van der Waals surface area contributed by atoms with Gasteiger partial charge in [-0.25, -0.2) is 0 Å². The van der Waals surface area contributed by atoms with Gasteiger partial charge in [-0.15, -0.1) is 11.8 Å². The Kier molecular flexibility index (Phi) is 4.57. The van der Waals surface area contributed by atoms with Crippen LogP contribution in [0.5, 0.6) is 0 Å². The molecule has 1 saturated carbocycles. The summed E-state index contributed by atoms with van der Waals surface area (Å²) in [6.45, 7) is 4.42. The molecule has 2 rings (SSSR count). The molecule has 112 valence electrons. The van der Waals surface area contributed by atoms with Gasteiger partial charge in [0, 0.05) is 16.6 Å². The Hall–Kier alpha value is -0.840. The first-order valence-corrected chi connectivity index (χ1v) is 7.82. The Bertz CT molecular complexity index is 457. The van der Waals surface area contributed by atoms with Crippen molar-refractivity contribution in [2.75, 3.05) is 11.1 Å². The summed E-state index contributed by atoms with van der Waals surface area (Å²) in [5, 5.41) is 3.45. The van der Waals surface area contributed by atoms with Gasteiger partial charge in [0.05, 0.1) is 5.75 Å². The number of halogens is 3. The van der Waals surface area contributed by atoms with Gasteiger partial charge in [0.1, 0.15) is 0 Å². The number of rotatable bonds is 4. The highest BCUT2D eigenvalue weighted by atomic mass is 32.2. The average Bonchev–Trinajstić information content (AvgIpc) is 2.67. The highest BCUT2D eigenvalue weighted by Crippen LogP contribution is 2.40. The fourth-order valence-electron chi connectivity index (χ4n) is 2.65. The Morgan fingerprint density at radius 1 is 1.30 bits per heavy atom. The zero-order chi connectivity index (χ0) is 14.8. The van der Waals surface area contributed by atoms with E-state index in [-0.39, 0.29) is 5.41 Å². The fourth-order valence-corrected chi connectivity index (χ4v) is 3.43. The van der Waals surface area contributed by atoms with E-state index in [1.165, 1.54) is 6.42 Å². The van der Waals surface area contributed by atoms with Crippen molar-refractivity contribution in [1.29, 1.82) is 0 Å². The fraction of sp³-hybridized carbons (Fsp3) is 0.600. The van der Waals surface area contributed by atoms with Crippen molar-refractivity contribution in [2.45, 2.75) is 50.2 Å². The van der Waals surface area contributed by atoms with Gasteiger partial charge in [-0.05, 0) is 30.4 Å². The lowest BCUT2D eigenvalue weighted by atomic mass is 9.87. The van der Waals surface area contributed by atoms with Gasteiger partial charge in [0.2, 0.25) is 0 Å². The maximum absolute atomic E-state index is 12.4. The first-order valence-electron chi connectivity index (χ1n) is 6.83. The van der Waals surface area contributed by atoms with Crippen LogP contribution < -0.4 is 5.32 Å². The molecule has 1 unspecified atom stereocenters. The second-order valence-electron chi connectivity index (χ2n) is 5.98. The van der Waals surface area contributed by atoms with Crippen LogP contribution in [0.15, 0.2) is 29.2 Å². The van der Waals surface area contributed by atoms with E-state index < -0.39 is 11.9 Å². The summed E-state index contributed by atoms with van der Waals surface area (Å²) in [5.74, 6) is -0.847. The summed E-state index contributed by atoms with van der Waals surface area (Å²) >= 11 is 0.850. The van der Waals surface area contributed by atoms with Crippen molar-refractivity contribution in [2.24, 2.45) is 5.41 Å². The van der Waals surface area contributed by atoms with Crippen LogP contribution in [0.2, 0.25) is 0 Å². The molecule has 0 amide bonds. The number of thioether (sulfide) groups is 1. The van der Waals surface area contributed by atoms with Crippen molar-refractivity contribution in [3.8, 4) is 0 Å². The molecule has 1 N–H and O–H groups in total. The highest BCUT2D eigenvalue weighted by molar-refractivity contribution is 7.99. The number of anilines is 1. The third-order valence-corrected chi connectivity index (χ3v) is 5.00. The van der Waals surface area contributed by atoms with Gasteiger partial charge >= 0.3 is 6.18 Å². The van der Waals surface area contributed by atoms with Crippen molar-refractivity contribution >= 4 is 17.4 Å². The number of nitrogens with one attached hydrogen (secondary N) is 1. The second kappa shape index (κ2) is 5.88. The third kappa shape index (κ3) is 4.08. The smallest absolute Gasteiger partial charge is 0.381 e. The van der Waals surface area contributed by atoms with Gasteiger partial charge in [0.25, 0.3) is 0 Å². The normalized spacial score (nSPS) is 21.9. The molecule has 0 bridgehead atoms. The van der Waals surface area contributed by atoms with E-state index in [2.05, 4.69) is 19.2 Å². The van der Waals surface area contributed by atoms with Crippen LogP contribution in [0.4, 0.5) is 18.9 Å². The molecule has 1 aliphatic rings. The van der Waals surface area contributed by atoms with E-state index in [4.69, 9.17) is 0 Å². The Morgan fingerprint density at radius 2 is 2.00 bits per heavy atom. The molecular weight excluding hydrogens is 283 g/mol. The Balaban J connectivity index is 2.08. The van der Waals surface area contributed by atoms with Crippen molar-refractivity contribution in [1.82, 2.24) is 0 Å². The van der Waals surface area contributed by atoms with Crippen LogP contribution in [0, 0.1) is 5.41 Å². The number of alkyl halides is 3. The summed E-state index contributed by atoms with van der Waals surface area (Å²) in [6.07, 6.45) is -0.735. The zero-order valence-electron chi connectivity index (χ0n) is 11.8. The monoisotopic (exact) mass is 303 g/mol. The number of hydrogen-bond donors (Lipinski definition) is 1. The zero-order valence-corrected chi connectivity index (χ0v) is 12.6. The molecule has 1 atom stereocenters. The molecule has 0 spiro atoms. The number of para-hydroxylation sites is 1. The van der Waals surface area contributed by atoms with E-state index in [0.29, 0.717) is 10.9 Å². The van der Waals surface area contributed by atoms with Gasteiger partial charge in [-0.1, -0.05) is 32.4 Å². The van der Waals surface area contributed by atoms with Gasteiger partial charge in [-0.2, -0.15) is 13.2 Å². The molecule has 5 heteroatoms. The molecule has 1 fully saturated rings. The van der Waals surface area contributed by atoms with Crippen molar-refractivity contribution in [3.63, 3.8) is 0 Å². The SMILES string of the molecule is CC1(C)CCCC1Nc1ccccc1SCC(F)(F)F. The Morgan fingerprint density at radius 3 is 2.60 bits per heavy atom.